The topological polar surface area (TPSA) is 21.7 Å². The molecule has 4 aliphatic rings. The molecular formula is C12H17NO2. The number of hydroxylamine groups is 2. The van der Waals surface area contributed by atoms with Crippen LogP contribution in [0.3, 0.4) is 0 Å². The average Bonchev–Trinajstić information content (AvgIpc) is 2.88. The van der Waals surface area contributed by atoms with Crippen LogP contribution in [0.15, 0.2) is 12.2 Å². The lowest BCUT2D eigenvalue weighted by Crippen LogP contribution is -2.50. The van der Waals surface area contributed by atoms with Gasteiger partial charge in [0.05, 0.1) is 24.7 Å². The van der Waals surface area contributed by atoms with Gasteiger partial charge in [-0.2, -0.15) is 5.06 Å². The van der Waals surface area contributed by atoms with E-state index in [1.165, 1.54) is 6.42 Å². The Bertz CT molecular complexity index is 356. The van der Waals surface area contributed by atoms with Gasteiger partial charge in [0.1, 0.15) is 5.60 Å². The van der Waals surface area contributed by atoms with Crippen LogP contribution in [-0.2, 0) is 9.57 Å². The highest BCUT2D eigenvalue weighted by molar-refractivity contribution is 5.30. The van der Waals surface area contributed by atoms with Crippen molar-refractivity contribution >= 4 is 0 Å². The molecule has 0 aromatic rings. The van der Waals surface area contributed by atoms with Gasteiger partial charge < -0.3 is 4.74 Å². The minimum atomic E-state index is -0.0116. The summed E-state index contributed by atoms with van der Waals surface area (Å²) in [5.41, 5.74) is 0.226. The zero-order chi connectivity index (χ0) is 10.3. The summed E-state index contributed by atoms with van der Waals surface area (Å²) in [7, 11) is 2.06. The SMILES string of the molecule is CN1O[C@]2(C)[C@H]3C=C[C@H](C3)[C@@]23COC[C@@H]13. The standard InChI is InChI=1S/C12H17NO2/c1-11-8-3-4-9(5-8)12(11)7-14-6-10(12)13(2)15-11/h3-4,8-10H,5-7H2,1-2H3/t8-,9+,10+,11+,12+/m0/s1. The van der Waals surface area contributed by atoms with E-state index in [0.29, 0.717) is 17.9 Å². The number of allylic oxidation sites excluding steroid dienone is 1. The van der Waals surface area contributed by atoms with Gasteiger partial charge in [-0.25, -0.2) is 0 Å². The lowest BCUT2D eigenvalue weighted by atomic mass is 9.64. The molecule has 15 heavy (non-hydrogen) atoms. The summed E-state index contributed by atoms with van der Waals surface area (Å²) in [6.45, 7) is 4.00. The van der Waals surface area contributed by atoms with Gasteiger partial charge in [0, 0.05) is 13.0 Å². The summed E-state index contributed by atoms with van der Waals surface area (Å²) < 4.78 is 5.75. The molecule has 2 bridgehead atoms. The van der Waals surface area contributed by atoms with E-state index < -0.39 is 0 Å². The number of fused-ring (bicyclic) bond motifs is 3. The normalized spacial score (nSPS) is 61.3. The van der Waals surface area contributed by atoms with Crippen LogP contribution < -0.4 is 0 Å². The summed E-state index contributed by atoms with van der Waals surface area (Å²) in [6.07, 6.45) is 6.02. The van der Waals surface area contributed by atoms with Gasteiger partial charge in [-0.3, -0.25) is 4.84 Å². The van der Waals surface area contributed by atoms with Crippen molar-refractivity contribution < 1.29 is 9.57 Å². The van der Waals surface area contributed by atoms with Crippen molar-refractivity contribution in [1.82, 2.24) is 5.06 Å². The average molecular weight is 207 g/mol. The van der Waals surface area contributed by atoms with Crippen LogP contribution in [0, 0.1) is 17.3 Å². The van der Waals surface area contributed by atoms with Gasteiger partial charge in [-0.1, -0.05) is 12.2 Å². The van der Waals surface area contributed by atoms with E-state index in [1.54, 1.807) is 0 Å². The molecule has 3 fully saturated rings. The first-order valence-corrected chi connectivity index (χ1v) is 5.86. The second-order valence-corrected chi connectivity index (χ2v) is 5.65. The third kappa shape index (κ3) is 0.690. The summed E-state index contributed by atoms with van der Waals surface area (Å²) in [5, 5.41) is 2.05. The van der Waals surface area contributed by atoms with E-state index >= 15 is 0 Å². The van der Waals surface area contributed by atoms with Crippen molar-refractivity contribution in [3.05, 3.63) is 12.2 Å². The summed E-state index contributed by atoms with van der Waals surface area (Å²) in [6, 6.07) is 0.461. The first-order chi connectivity index (χ1) is 7.18. The van der Waals surface area contributed by atoms with Crippen LogP contribution in [0.1, 0.15) is 13.3 Å². The molecule has 0 amide bonds. The summed E-state index contributed by atoms with van der Waals surface area (Å²) in [4.78, 5) is 6.17. The number of nitrogens with zero attached hydrogens (tertiary/aromatic N) is 1. The third-order valence-corrected chi connectivity index (χ3v) is 5.36. The maximum absolute atomic E-state index is 6.17. The Balaban J connectivity index is 1.92. The fraction of sp³-hybridized carbons (Fsp3) is 0.833. The molecule has 2 aliphatic heterocycles. The predicted octanol–water partition coefficient (Wildman–Crippen LogP) is 1.21. The third-order valence-electron chi connectivity index (χ3n) is 5.36. The Morgan fingerprint density at radius 1 is 1.33 bits per heavy atom. The number of rotatable bonds is 0. The number of likely N-dealkylation sites (N-methyl/N-ethyl adjacent to an activating group) is 1. The minimum Gasteiger partial charge on any atom is -0.379 e. The number of hydrogen-bond donors (Lipinski definition) is 0. The van der Waals surface area contributed by atoms with E-state index in [1.807, 2.05) is 0 Å². The maximum atomic E-state index is 6.17. The first kappa shape index (κ1) is 8.74. The Kier molecular flexibility index (Phi) is 1.35. The minimum absolute atomic E-state index is 0.0116. The first-order valence-electron chi connectivity index (χ1n) is 5.86. The fourth-order valence-corrected chi connectivity index (χ4v) is 4.56. The van der Waals surface area contributed by atoms with E-state index in [0.717, 1.165) is 13.2 Å². The predicted molar refractivity (Wildman–Crippen MR) is 55.0 cm³/mol. The van der Waals surface area contributed by atoms with Crippen LogP contribution in [-0.4, -0.2) is 37.0 Å². The van der Waals surface area contributed by atoms with Gasteiger partial charge in [0.25, 0.3) is 0 Å². The van der Waals surface area contributed by atoms with Gasteiger partial charge >= 0.3 is 0 Å². The molecule has 0 aromatic heterocycles. The van der Waals surface area contributed by atoms with Crippen molar-refractivity contribution in [3.63, 3.8) is 0 Å². The Morgan fingerprint density at radius 2 is 2.13 bits per heavy atom. The van der Waals surface area contributed by atoms with Gasteiger partial charge in [0.2, 0.25) is 0 Å². The monoisotopic (exact) mass is 207 g/mol. The van der Waals surface area contributed by atoms with Crippen LogP contribution in [0.4, 0.5) is 0 Å². The molecule has 5 atom stereocenters. The number of ether oxygens (including phenoxy) is 1. The second kappa shape index (κ2) is 2.31. The molecule has 2 saturated heterocycles. The molecule has 3 nitrogen and oxygen atoms in total. The molecule has 0 N–H and O–H groups in total. The van der Waals surface area contributed by atoms with Gasteiger partial charge in [-0.15, -0.1) is 0 Å². The van der Waals surface area contributed by atoms with Crippen molar-refractivity contribution in [2.45, 2.75) is 25.0 Å². The molecule has 2 heterocycles. The molecule has 4 rings (SSSR count). The van der Waals surface area contributed by atoms with Gasteiger partial charge in [0.15, 0.2) is 0 Å². The largest absolute Gasteiger partial charge is 0.379 e. The summed E-state index contributed by atoms with van der Waals surface area (Å²) in [5.74, 6) is 1.27. The highest BCUT2D eigenvalue weighted by Crippen LogP contribution is 2.67. The van der Waals surface area contributed by atoms with Crippen molar-refractivity contribution in [2.75, 3.05) is 20.3 Å². The molecule has 3 heteroatoms. The molecule has 1 spiro atoms. The lowest BCUT2D eigenvalue weighted by Gasteiger charge is -2.40. The van der Waals surface area contributed by atoms with Crippen LogP contribution in [0.25, 0.3) is 0 Å². The maximum Gasteiger partial charge on any atom is 0.103 e. The Morgan fingerprint density at radius 3 is 3.00 bits per heavy atom. The quantitative estimate of drug-likeness (QED) is 0.557. The molecular weight excluding hydrogens is 190 g/mol. The van der Waals surface area contributed by atoms with Crippen LogP contribution >= 0.6 is 0 Å². The van der Waals surface area contributed by atoms with E-state index in [-0.39, 0.29) is 11.0 Å². The zero-order valence-electron chi connectivity index (χ0n) is 9.27. The molecule has 2 aliphatic carbocycles. The smallest absolute Gasteiger partial charge is 0.103 e. The lowest BCUT2D eigenvalue weighted by molar-refractivity contribution is -0.210. The van der Waals surface area contributed by atoms with Crippen LogP contribution in [0.5, 0.6) is 0 Å². The Hall–Kier alpha value is -0.380. The Labute approximate surface area is 90.0 Å². The van der Waals surface area contributed by atoms with Crippen molar-refractivity contribution in [2.24, 2.45) is 17.3 Å². The highest BCUT2D eigenvalue weighted by Gasteiger charge is 2.74. The van der Waals surface area contributed by atoms with E-state index in [2.05, 4.69) is 31.2 Å². The molecule has 0 unspecified atom stereocenters. The number of hydrogen-bond acceptors (Lipinski definition) is 3. The van der Waals surface area contributed by atoms with Crippen LogP contribution in [0.2, 0.25) is 0 Å². The van der Waals surface area contributed by atoms with Gasteiger partial charge in [-0.05, 0) is 19.3 Å². The zero-order valence-corrected chi connectivity index (χ0v) is 9.27. The van der Waals surface area contributed by atoms with E-state index in [4.69, 9.17) is 9.57 Å². The molecule has 82 valence electrons. The fourth-order valence-electron chi connectivity index (χ4n) is 4.56. The molecule has 0 aromatic carbocycles. The van der Waals surface area contributed by atoms with Crippen molar-refractivity contribution in [3.8, 4) is 0 Å². The molecule has 1 saturated carbocycles. The van der Waals surface area contributed by atoms with E-state index in [9.17, 15) is 0 Å². The molecule has 0 radical (unpaired) electrons. The van der Waals surface area contributed by atoms with Crippen molar-refractivity contribution in [1.29, 1.82) is 0 Å². The second-order valence-electron chi connectivity index (χ2n) is 5.65. The summed E-state index contributed by atoms with van der Waals surface area (Å²) >= 11 is 0. The highest BCUT2D eigenvalue weighted by atomic mass is 16.7.